The summed E-state index contributed by atoms with van der Waals surface area (Å²) in [6.45, 7) is 5.20. The van der Waals surface area contributed by atoms with Gasteiger partial charge in [0.25, 0.3) is 0 Å². The predicted molar refractivity (Wildman–Crippen MR) is 75.2 cm³/mol. The molecule has 1 atom stereocenters. The van der Waals surface area contributed by atoms with Crippen molar-refractivity contribution in [3.8, 4) is 0 Å². The second-order valence-electron chi connectivity index (χ2n) is 4.83. The van der Waals surface area contributed by atoms with Crippen LogP contribution >= 0.6 is 0 Å². The first-order valence-corrected chi connectivity index (χ1v) is 6.47. The summed E-state index contributed by atoms with van der Waals surface area (Å²) in [7, 11) is 0. The van der Waals surface area contributed by atoms with Gasteiger partial charge in [-0.2, -0.15) is 4.98 Å². The SMILES string of the molecule is Cc1nc(=O)n(Cc2ccncn2)c(C)c1C(C)C(=O)O. The van der Waals surface area contributed by atoms with Gasteiger partial charge in [0.1, 0.15) is 6.33 Å². The van der Waals surface area contributed by atoms with Crippen molar-refractivity contribution in [1.29, 1.82) is 0 Å². The van der Waals surface area contributed by atoms with Crippen LogP contribution in [0.15, 0.2) is 23.4 Å². The first kappa shape index (κ1) is 14.8. The van der Waals surface area contributed by atoms with Crippen LogP contribution in [0.2, 0.25) is 0 Å². The number of carboxylic acids is 1. The topological polar surface area (TPSA) is 98.0 Å². The normalized spacial score (nSPS) is 12.1. The van der Waals surface area contributed by atoms with E-state index in [9.17, 15) is 14.7 Å². The zero-order valence-corrected chi connectivity index (χ0v) is 12.1. The minimum Gasteiger partial charge on any atom is -0.481 e. The van der Waals surface area contributed by atoms with Crippen molar-refractivity contribution < 1.29 is 9.90 Å². The fraction of sp³-hybridized carbons (Fsp3) is 0.357. The molecule has 2 aromatic heterocycles. The molecule has 0 spiro atoms. The lowest BCUT2D eigenvalue weighted by molar-refractivity contribution is -0.138. The van der Waals surface area contributed by atoms with Crippen LogP contribution in [0.25, 0.3) is 0 Å². The van der Waals surface area contributed by atoms with Crippen LogP contribution in [0, 0.1) is 13.8 Å². The van der Waals surface area contributed by atoms with Gasteiger partial charge in [0.05, 0.1) is 18.2 Å². The molecule has 2 heterocycles. The predicted octanol–water partition coefficient (Wildman–Crippen LogP) is 0.887. The van der Waals surface area contributed by atoms with E-state index in [0.717, 1.165) is 0 Å². The molecule has 0 bridgehead atoms. The third kappa shape index (κ3) is 2.96. The van der Waals surface area contributed by atoms with Crippen LogP contribution in [-0.2, 0) is 11.3 Å². The van der Waals surface area contributed by atoms with E-state index in [4.69, 9.17) is 0 Å². The maximum Gasteiger partial charge on any atom is 0.348 e. The highest BCUT2D eigenvalue weighted by Gasteiger charge is 2.22. The first-order valence-electron chi connectivity index (χ1n) is 6.47. The Morgan fingerprint density at radius 1 is 1.43 bits per heavy atom. The summed E-state index contributed by atoms with van der Waals surface area (Å²) in [4.78, 5) is 35.1. The summed E-state index contributed by atoms with van der Waals surface area (Å²) in [5.41, 5.74) is 1.86. The van der Waals surface area contributed by atoms with Gasteiger partial charge in [0, 0.05) is 23.1 Å². The Morgan fingerprint density at radius 3 is 2.71 bits per heavy atom. The van der Waals surface area contributed by atoms with E-state index in [1.807, 2.05) is 0 Å². The molecule has 0 saturated carbocycles. The fourth-order valence-electron chi connectivity index (χ4n) is 2.32. The van der Waals surface area contributed by atoms with Crippen LogP contribution in [0.1, 0.15) is 35.5 Å². The lowest BCUT2D eigenvalue weighted by Crippen LogP contribution is -2.30. The van der Waals surface area contributed by atoms with E-state index < -0.39 is 17.6 Å². The first-order chi connectivity index (χ1) is 9.91. The second kappa shape index (κ2) is 5.82. The number of carboxylic acid groups (broad SMARTS) is 1. The van der Waals surface area contributed by atoms with Crippen LogP contribution in [-0.4, -0.2) is 30.6 Å². The lowest BCUT2D eigenvalue weighted by Gasteiger charge is -2.17. The highest BCUT2D eigenvalue weighted by molar-refractivity contribution is 5.76. The molecule has 7 heteroatoms. The number of rotatable bonds is 4. The van der Waals surface area contributed by atoms with Crippen molar-refractivity contribution in [3.63, 3.8) is 0 Å². The van der Waals surface area contributed by atoms with Crippen molar-refractivity contribution in [3.05, 3.63) is 51.7 Å². The Hall–Kier alpha value is -2.57. The van der Waals surface area contributed by atoms with Crippen molar-refractivity contribution in [2.24, 2.45) is 0 Å². The number of aryl methyl sites for hydroxylation is 1. The molecule has 2 rings (SSSR count). The van der Waals surface area contributed by atoms with Crippen molar-refractivity contribution >= 4 is 5.97 Å². The third-order valence-corrected chi connectivity index (χ3v) is 3.45. The molecule has 0 aliphatic carbocycles. The van der Waals surface area contributed by atoms with E-state index in [1.54, 1.807) is 33.0 Å². The van der Waals surface area contributed by atoms with E-state index in [1.165, 1.54) is 10.9 Å². The summed E-state index contributed by atoms with van der Waals surface area (Å²) in [6.07, 6.45) is 2.99. The van der Waals surface area contributed by atoms with Gasteiger partial charge in [0.15, 0.2) is 0 Å². The molecule has 0 saturated heterocycles. The largest absolute Gasteiger partial charge is 0.481 e. The number of carbonyl (C=O) groups is 1. The van der Waals surface area contributed by atoms with Gasteiger partial charge < -0.3 is 5.11 Å². The van der Waals surface area contributed by atoms with E-state index in [-0.39, 0.29) is 6.54 Å². The molecule has 0 aliphatic rings. The molecule has 0 radical (unpaired) electrons. The van der Waals surface area contributed by atoms with E-state index in [0.29, 0.717) is 22.6 Å². The number of nitrogens with zero attached hydrogens (tertiary/aromatic N) is 4. The molecule has 1 N–H and O–H groups in total. The van der Waals surface area contributed by atoms with Gasteiger partial charge in [-0.25, -0.2) is 14.8 Å². The Kier molecular flexibility index (Phi) is 4.11. The zero-order valence-electron chi connectivity index (χ0n) is 12.1. The molecular formula is C14H16N4O3. The Labute approximate surface area is 121 Å². The smallest absolute Gasteiger partial charge is 0.348 e. The fourth-order valence-corrected chi connectivity index (χ4v) is 2.32. The summed E-state index contributed by atoms with van der Waals surface area (Å²) in [5, 5.41) is 9.20. The molecule has 7 nitrogen and oxygen atoms in total. The van der Waals surface area contributed by atoms with Gasteiger partial charge in [-0.3, -0.25) is 9.36 Å². The molecule has 0 aromatic carbocycles. The minimum absolute atomic E-state index is 0.236. The van der Waals surface area contributed by atoms with E-state index >= 15 is 0 Å². The van der Waals surface area contributed by atoms with Crippen LogP contribution < -0.4 is 5.69 Å². The maximum absolute atomic E-state index is 12.1. The Balaban J connectivity index is 2.54. The van der Waals surface area contributed by atoms with Crippen molar-refractivity contribution in [2.75, 3.05) is 0 Å². The van der Waals surface area contributed by atoms with Gasteiger partial charge in [-0.05, 0) is 26.8 Å². The standard InChI is InChI=1S/C14H16N4O3/c1-8(13(19)20)12-9(2)17-14(21)18(10(12)3)6-11-4-5-15-7-16-11/h4-5,7-8H,6H2,1-3H3,(H,19,20). The molecule has 110 valence electrons. The molecule has 1 unspecified atom stereocenters. The summed E-state index contributed by atoms with van der Waals surface area (Å²) in [5.74, 6) is -1.68. The number of hydrogen-bond donors (Lipinski definition) is 1. The van der Waals surface area contributed by atoms with Crippen molar-refractivity contribution in [1.82, 2.24) is 19.5 Å². The average molecular weight is 288 g/mol. The Bertz CT molecular complexity index is 725. The summed E-state index contributed by atoms with van der Waals surface area (Å²) in [6, 6.07) is 1.70. The highest BCUT2D eigenvalue weighted by atomic mass is 16.4. The molecule has 0 fully saturated rings. The van der Waals surface area contributed by atoms with E-state index in [2.05, 4.69) is 15.0 Å². The lowest BCUT2D eigenvalue weighted by atomic mass is 9.98. The van der Waals surface area contributed by atoms with Gasteiger partial charge in [0.2, 0.25) is 0 Å². The maximum atomic E-state index is 12.1. The van der Waals surface area contributed by atoms with Gasteiger partial charge in [-0.15, -0.1) is 0 Å². The molecule has 2 aromatic rings. The second-order valence-corrected chi connectivity index (χ2v) is 4.83. The molecule has 0 aliphatic heterocycles. The van der Waals surface area contributed by atoms with Crippen molar-refractivity contribution in [2.45, 2.75) is 33.2 Å². The number of hydrogen-bond acceptors (Lipinski definition) is 5. The quantitative estimate of drug-likeness (QED) is 0.897. The minimum atomic E-state index is -0.949. The molecular weight excluding hydrogens is 272 g/mol. The Morgan fingerprint density at radius 2 is 2.14 bits per heavy atom. The monoisotopic (exact) mass is 288 g/mol. The van der Waals surface area contributed by atoms with Gasteiger partial charge in [-0.1, -0.05) is 0 Å². The summed E-state index contributed by atoms with van der Waals surface area (Å²) >= 11 is 0. The molecule has 0 amide bonds. The summed E-state index contributed by atoms with van der Waals surface area (Å²) < 4.78 is 1.43. The third-order valence-electron chi connectivity index (χ3n) is 3.45. The molecule has 21 heavy (non-hydrogen) atoms. The van der Waals surface area contributed by atoms with Gasteiger partial charge >= 0.3 is 11.7 Å². The highest BCUT2D eigenvalue weighted by Crippen LogP contribution is 2.21. The van der Waals surface area contributed by atoms with Crippen LogP contribution in [0.5, 0.6) is 0 Å². The number of aromatic nitrogens is 4. The zero-order chi connectivity index (χ0) is 15.6. The van der Waals surface area contributed by atoms with Crippen LogP contribution in [0.3, 0.4) is 0 Å². The van der Waals surface area contributed by atoms with Crippen LogP contribution in [0.4, 0.5) is 0 Å². The number of aliphatic carboxylic acids is 1. The average Bonchev–Trinajstić information content (AvgIpc) is 2.44.